The van der Waals surface area contributed by atoms with Gasteiger partial charge >= 0.3 is 5.97 Å². The number of halogens is 1. The Morgan fingerprint density at radius 2 is 2.19 bits per heavy atom. The van der Waals surface area contributed by atoms with Crippen molar-refractivity contribution < 1.29 is 14.8 Å². The van der Waals surface area contributed by atoms with Crippen LogP contribution in [-0.2, 0) is 4.79 Å². The van der Waals surface area contributed by atoms with Gasteiger partial charge in [-0.05, 0) is 40.1 Å². The van der Waals surface area contributed by atoms with Crippen LogP contribution in [0.1, 0.15) is 11.1 Å². The first-order chi connectivity index (χ1) is 7.41. The molecule has 0 amide bonds. The molecule has 0 atom stereocenters. The van der Waals surface area contributed by atoms with Crippen LogP contribution >= 0.6 is 15.9 Å². The van der Waals surface area contributed by atoms with Gasteiger partial charge in [-0.25, -0.2) is 4.79 Å². The van der Waals surface area contributed by atoms with E-state index in [-0.39, 0.29) is 5.69 Å². The number of aliphatic carboxylic acids is 1. The second kappa shape index (κ2) is 4.89. The van der Waals surface area contributed by atoms with E-state index < -0.39 is 10.9 Å². The van der Waals surface area contributed by atoms with E-state index in [0.29, 0.717) is 15.6 Å². The zero-order valence-electron chi connectivity index (χ0n) is 8.31. The fourth-order valence-electron chi connectivity index (χ4n) is 1.16. The average molecular weight is 286 g/mol. The molecule has 16 heavy (non-hydrogen) atoms. The van der Waals surface area contributed by atoms with Crippen molar-refractivity contribution in [2.24, 2.45) is 0 Å². The first kappa shape index (κ1) is 12.4. The van der Waals surface area contributed by atoms with E-state index >= 15 is 0 Å². The van der Waals surface area contributed by atoms with E-state index in [1.54, 1.807) is 6.92 Å². The first-order valence-corrected chi connectivity index (χ1v) is 5.06. The third-order valence-corrected chi connectivity index (χ3v) is 2.97. The number of nitrogens with zero attached hydrogens (tertiary/aromatic N) is 1. The van der Waals surface area contributed by atoms with E-state index in [9.17, 15) is 14.9 Å². The van der Waals surface area contributed by atoms with E-state index in [4.69, 9.17) is 5.11 Å². The summed E-state index contributed by atoms with van der Waals surface area (Å²) in [6.45, 7) is 1.70. The summed E-state index contributed by atoms with van der Waals surface area (Å²) in [4.78, 5) is 20.4. The maximum absolute atomic E-state index is 10.6. The van der Waals surface area contributed by atoms with Crippen LogP contribution in [0.2, 0.25) is 0 Å². The highest BCUT2D eigenvalue weighted by Gasteiger charge is 2.11. The number of aryl methyl sites for hydroxylation is 1. The van der Waals surface area contributed by atoms with Crippen LogP contribution in [-0.4, -0.2) is 16.0 Å². The Bertz CT molecular complexity index is 482. The predicted octanol–water partition coefficient (Wildman–Crippen LogP) is 2.76. The second-order valence-corrected chi connectivity index (χ2v) is 3.89. The van der Waals surface area contributed by atoms with Crippen molar-refractivity contribution in [1.29, 1.82) is 0 Å². The largest absolute Gasteiger partial charge is 0.478 e. The lowest BCUT2D eigenvalue weighted by Gasteiger charge is -2.02. The molecule has 0 aromatic heterocycles. The minimum Gasteiger partial charge on any atom is -0.478 e. The fraction of sp³-hybridized carbons (Fsp3) is 0.100. The number of non-ortho nitro benzene ring substituents is 1. The number of carboxylic acids is 1. The zero-order chi connectivity index (χ0) is 12.3. The summed E-state index contributed by atoms with van der Waals surface area (Å²) >= 11 is 3.25. The third-order valence-electron chi connectivity index (χ3n) is 1.88. The highest BCUT2D eigenvalue weighted by molar-refractivity contribution is 9.10. The van der Waals surface area contributed by atoms with E-state index in [1.165, 1.54) is 18.2 Å². The Hall–Kier alpha value is -1.69. The van der Waals surface area contributed by atoms with Gasteiger partial charge in [0.25, 0.3) is 5.69 Å². The topological polar surface area (TPSA) is 80.4 Å². The fourth-order valence-corrected chi connectivity index (χ4v) is 1.53. The molecule has 0 fully saturated rings. The normalized spacial score (nSPS) is 10.6. The molecule has 1 N–H and O–H groups in total. The maximum Gasteiger partial charge on any atom is 0.328 e. The molecule has 0 aliphatic heterocycles. The summed E-state index contributed by atoms with van der Waals surface area (Å²) in [5, 5.41) is 19.1. The van der Waals surface area contributed by atoms with Gasteiger partial charge in [0.15, 0.2) is 0 Å². The molecule has 84 valence electrons. The molecule has 0 aliphatic rings. The number of carbonyl (C=O) groups is 1. The Kier molecular flexibility index (Phi) is 3.78. The monoisotopic (exact) mass is 285 g/mol. The van der Waals surface area contributed by atoms with E-state index in [0.717, 1.165) is 6.08 Å². The average Bonchev–Trinajstić information content (AvgIpc) is 2.19. The van der Waals surface area contributed by atoms with Gasteiger partial charge in [0.1, 0.15) is 0 Å². The van der Waals surface area contributed by atoms with Crippen LogP contribution < -0.4 is 0 Å². The third kappa shape index (κ3) is 2.90. The highest BCUT2D eigenvalue weighted by Crippen LogP contribution is 2.27. The van der Waals surface area contributed by atoms with Gasteiger partial charge in [0, 0.05) is 22.7 Å². The molecule has 0 radical (unpaired) electrons. The van der Waals surface area contributed by atoms with Crippen molar-refractivity contribution in [3.05, 3.63) is 43.9 Å². The molecule has 6 heteroatoms. The molecular formula is C10H8BrNO4. The van der Waals surface area contributed by atoms with Gasteiger partial charge in [-0.1, -0.05) is 0 Å². The van der Waals surface area contributed by atoms with Gasteiger partial charge in [-0.15, -0.1) is 0 Å². The molecule has 0 aliphatic carbocycles. The highest BCUT2D eigenvalue weighted by atomic mass is 79.9. The van der Waals surface area contributed by atoms with Crippen molar-refractivity contribution in [2.75, 3.05) is 0 Å². The number of carboxylic acid groups (broad SMARTS) is 1. The molecule has 1 aromatic carbocycles. The molecule has 0 unspecified atom stereocenters. The summed E-state index contributed by atoms with van der Waals surface area (Å²) in [6, 6.07) is 2.73. The minimum absolute atomic E-state index is 0.0641. The predicted molar refractivity (Wildman–Crippen MR) is 62.2 cm³/mol. The molecule has 5 nitrogen and oxygen atoms in total. The lowest BCUT2D eigenvalue weighted by atomic mass is 10.1. The van der Waals surface area contributed by atoms with Crippen LogP contribution in [0.15, 0.2) is 22.7 Å². The Morgan fingerprint density at radius 1 is 1.56 bits per heavy atom. The van der Waals surface area contributed by atoms with Crippen molar-refractivity contribution in [1.82, 2.24) is 0 Å². The van der Waals surface area contributed by atoms with Crippen LogP contribution in [0.4, 0.5) is 5.69 Å². The number of nitro benzene ring substituents is 1. The number of nitro groups is 1. The molecule has 1 rings (SSSR count). The van der Waals surface area contributed by atoms with Gasteiger partial charge in [-0.3, -0.25) is 10.1 Å². The number of rotatable bonds is 3. The SMILES string of the molecule is Cc1cc([N+](=O)[O-])cc(/C=C/C(=O)O)c1Br. The molecule has 0 bridgehead atoms. The van der Waals surface area contributed by atoms with Crippen molar-refractivity contribution in [2.45, 2.75) is 6.92 Å². The number of benzene rings is 1. The van der Waals surface area contributed by atoms with Crippen molar-refractivity contribution >= 4 is 33.7 Å². The van der Waals surface area contributed by atoms with Crippen LogP contribution in [0.5, 0.6) is 0 Å². The van der Waals surface area contributed by atoms with Crippen LogP contribution in [0, 0.1) is 17.0 Å². The second-order valence-electron chi connectivity index (χ2n) is 3.09. The summed E-state index contributed by atoms with van der Waals surface area (Å²) in [5.41, 5.74) is 1.08. The molecular weight excluding hydrogens is 278 g/mol. The molecule has 0 heterocycles. The van der Waals surface area contributed by atoms with E-state index in [2.05, 4.69) is 15.9 Å². The maximum atomic E-state index is 10.6. The Labute approximate surface area is 99.7 Å². The molecule has 0 saturated carbocycles. The molecule has 0 spiro atoms. The first-order valence-electron chi connectivity index (χ1n) is 4.27. The summed E-state index contributed by atoms with van der Waals surface area (Å²) in [7, 11) is 0. The molecule has 1 aromatic rings. The minimum atomic E-state index is -1.10. The summed E-state index contributed by atoms with van der Waals surface area (Å²) < 4.78 is 0.649. The van der Waals surface area contributed by atoms with Crippen molar-refractivity contribution in [3.63, 3.8) is 0 Å². The van der Waals surface area contributed by atoms with Crippen LogP contribution in [0.25, 0.3) is 6.08 Å². The lowest BCUT2D eigenvalue weighted by Crippen LogP contribution is -1.92. The zero-order valence-corrected chi connectivity index (χ0v) is 9.89. The van der Waals surface area contributed by atoms with Gasteiger partial charge < -0.3 is 5.11 Å². The Morgan fingerprint density at radius 3 is 2.69 bits per heavy atom. The quantitative estimate of drug-likeness (QED) is 0.526. The molecule has 0 saturated heterocycles. The van der Waals surface area contributed by atoms with Crippen molar-refractivity contribution in [3.8, 4) is 0 Å². The van der Waals surface area contributed by atoms with Gasteiger partial charge in [0.05, 0.1) is 4.92 Å². The van der Waals surface area contributed by atoms with Crippen LogP contribution in [0.3, 0.4) is 0 Å². The number of hydrogen-bond donors (Lipinski definition) is 1. The number of hydrogen-bond acceptors (Lipinski definition) is 3. The van der Waals surface area contributed by atoms with Gasteiger partial charge in [0.2, 0.25) is 0 Å². The Balaban J connectivity index is 3.27. The summed E-state index contributed by atoms with van der Waals surface area (Å²) in [6.07, 6.45) is 2.25. The lowest BCUT2D eigenvalue weighted by molar-refractivity contribution is -0.384. The standard InChI is InChI=1S/C10H8BrNO4/c1-6-4-8(12(15)16)5-7(10(6)11)2-3-9(13)14/h2-5H,1H3,(H,13,14)/b3-2+. The smallest absolute Gasteiger partial charge is 0.328 e. The van der Waals surface area contributed by atoms with E-state index in [1.807, 2.05) is 0 Å². The van der Waals surface area contributed by atoms with Gasteiger partial charge in [-0.2, -0.15) is 0 Å². The summed E-state index contributed by atoms with van der Waals surface area (Å²) in [5.74, 6) is -1.10.